The third-order valence-electron chi connectivity index (χ3n) is 4.69. The zero-order valence-electron chi connectivity index (χ0n) is 14.5. The predicted octanol–water partition coefficient (Wildman–Crippen LogP) is 2.67. The summed E-state index contributed by atoms with van der Waals surface area (Å²) in [5.74, 6) is 0. The molecule has 2 unspecified atom stereocenters. The second kappa shape index (κ2) is 6.75. The van der Waals surface area contributed by atoms with E-state index in [1.54, 1.807) is 0 Å². The zero-order valence-corrected chi connectivity index (χ0v) is 14.5. The topological polar surface area (TPSA) is 61.8 Å². The fourth-order valence-electron chi connectivity index (χ4n) is 3.26. The highest BCUT2D eigenvalue weighted by atomic mass is 16.6. The number of amides is 1. The van der Waals surface area contributed by atoms with Crippen molar-refractivity contribution in [3.05, 3.63) is 0 Å². The predicted molar refractivity (Wildman–Crippen MR) is 86.8 cm³/mol. The van der Waals surface area contributed by atoms with Crippen molar-refractivity contribution in [2.24, 2.45) is 0 Å². The van der Waals surface area contributed by atoms with E-state index in [1.165, 1.54) is 0 Å². The van der Waals surface area contributed by atoms with Gasteiger partial charge in [-0.15, -0.1) is 0 Å². The fourth-order valence-corrected chi connectivity index (χ4v) is 3.26. The zero-order chi connectivity index (χ0) is 16.4. The molecule has 0 bridgehead atoms. The maximum Gasteiger partial charge on any atom is 0.410 e. The molecule has 1 heterocycles. The minimum Gasteiger partial charge on any atom is -0.444 e. The van der Waals surface area contributed by atoms with Gasteiger partial charge in [0.05, 0.1) is 5.60 Å². The molecular weight excluding hydrogens is 280 g/mol. The second-order valence-electron chi connectivity index (χ2n) is 8.07. The highest BCUT2D eigenvalue weighted by Crippen LogP contribution is 2.31. The van der Waals surface area contributed by atoms with Crippen LogP contribution in [-0.4, -0.2) is 52.5 Å². The van der Waals surface area contributed by atoms with Crippen LogP contribution in [0.4, 0.5) is 4.79 Å². The molecule has 1 saturated carbocycles. The molecule has 2 N–H and O–H groups in total. The van der Waals surface area contributed by atoms with Gasteiger partial charge >= 0.3 is 6.09 Å². The Morgan fingerprint density at radius 2 is 2.09 bits per heavy atom. The van der Waals surface area contributed by atoms with Crippen LogP contribution < -0.4 is 5.32 Å². The molecule has 2 rings (SSSR count). The van der Waals surface area contributed by atoms with E-state index in [-0.39, 0.29) is 18.2 Å². The Morgan fingerprint density at radius 3 is 2.64 bits per heavy atom. The number of hydrogen-bond donors (Lipinski definition) is 2. The minimum atomic E-state index is -0.491. The Bertz CT molecular complexity index is 388. The van der Waals surface area contributed by atoms with Crippen molar-refractivity contribution in [1.82, 2.24) is 10.2 Å². The average Bonchev–Trinajstić information content (AvgIpc) is 2.80. The summed E-state index contributed by atoms with van der Waals surface area (Å²) >= 11 is 0. The summed E-state index contributed by atoms with van der Waals surface area (Å²) < 4.78 is 5.50. The molecular formula is C17H32N2O3. The lowest BCUT2D eigenvalue weighted by Gasteiger charge is -2.38. The number of carbonyl (C=O) groups is 1. The van der Waals surface area contributed by atoms with Gasteiger partial charge in [-0.2, -0.15) is 0 Å². The first kappa shape index (κ1) is 17.5. The summed E-state index contributed by atoms with van der Waals surface area (Å²) in [6.07, 6.45) is 5.73. The first-order valence-corrected chi connectivity index (χ1v) is 8.64. The third-order valence-corrected chi connectivity index (χ3v) is 4.69. The summed E-state index contributed by atoms with van der Waals surface area (Å²) in [6.45, 7) is 9.29. The van der Waals surface area contributed by atoms with Crippen LogP contribution in [0.25, 0.3) is 0 Å². The van der Waals surface area contributed by atoms with Gasteiger partial charge in [-0.05, 0) is 66.2 Å². The number of carbonyl (C=O) groups excluding carboxylic acids is 1. The van der Waals surface area contributed by atoms with Gasteiger partial charge < -0.3 is 20.1 Å². The molecule has 0 aromatic carbocycles. The first-order valence-electron chi connectivity index (χ1n) is 8.64. The lowest BCUT2D eigenvalue weighted by atomic mass is 9.80. The van der Waals surface area contributed by atoms with Gasteiger partial charge in [0.15, 0.2) is 0 Å². The monoisotopic (exact) mass is 312 g/mol. The first-order chi connectivity index (χ1) is 10.2. The van der Waals surface area contributed by atoms with Gasteiger partial charge in [-0.3, -0.25) is 0 Å². The second-order valence-corrected chi connectivity index (χ2v) is 8.07. The lowest BCUT2D eigenvalue weighted by molar-refractivity contribution is -0.0335. The maximum absolute atomic E-state index is 12.3. The lowest BCUT2D eigenvalue weighted by Crippen LogP contribution is -2.49. The molecule has 128 valence electrons. The molecule has 0 spiro atoms. The molecule has 22 heavy (non-hydrogen) atoms. The minimum absolute atomic E-state index is 0.195. The van der Waals surface area contributed by atoms with Crippen LogP contribution in [0.1, 0.15) is 66.2 Å². The Kier molecular flexibility index (Phi) is 5.38. The van der Waals surface area contributed by atoms with Gasteiger partial charge in [-0.25, -0.2) is 4.79 Å². The Balaban J connectivity index is 1.78. The number of likely N-dealkylation sites (tertiary alicyclic amines) is 1. The smallest absolute Gasteiger partial charge is 0.410 e. The van der Waals surface area contributed by atoms with Gasteiger partial charge in [0.25, 0.3) is 0 Å². The quantitative estimate of drug-likeness (QED) is 0.819. The van der Waals surface area contributed by atoms with E-state index in [0.717, 1.165) is 45.1 Å². The van der Waals surface area contributed by atoms with E-state index in [9.17, 15) is 9.90 Å². The number of aliphatic hydroxyl groups is 1. The SMILES string of the molecule is CC(CC1CCCN1C(=O)OC(C)(C)C)NCC1(O)CCC1. The van der Waals surface area contributed by atoms with Gasteiger partial charge in [-0.1, -0.05) is 0 Å². The van der Waals surface area contributed by atoms with Gasteiger partial charge in [0.2, 0.25) is 0 Å². The molecule has 2 atom stereocenters. The molecule has 2 fully saturated rings. The largest absolute Gasteiger partial charge is 0.444 e. The Morgan fingerprint density at radius 1 is 1.41 bits per heavy atom. The molecule has 1 amide bonds. The Labute approximate surface area is 134 Å². The van der Waals surface area contributed by atoms with Crippen molar-refractivity contribution in [2.45, 2.75) is 89.5 Å². The maximum atomic E-state index is 12.3. The summed E-state index contributed by atoms with van der Waals surface area (Å²) in [6, 6.07) is 0.533. The molecule has 0 aromatic rings. The summed E-state index contributed by atoms with van der Waals surface area (Å²) in [7, 11) is 0. The van der Waals surface area contributed by atoms with E-state index in [4.69, 9.17) is 4.74 Å². The van der Waals surface area contributed by atoms with Crippen molar-refractivity contribution in [3.63, 3.8) is 0 Å². The van der Waals surface area contributed by atoms with Crippen molar-refractivity contribution in [1.29, 1.82) is 0 Å². The standard InChI is InChI=1S/C17H32N2O3/c1-13(18-12-17(21)8-6-9-17)11-14-7-5-10-19(14)15(20)22-16(2,3)4/h13-14,18,21H,5-12H2,1-4H3. The van der Waals surface area contributed by atoms with Crippen LogP contribution in [-0.2, 0) is 4.74 Å². The van der Waals surface area contributed by atoms with Crippen LogP contribution in [0, 0.1) is 0 Å². The highest BCUT2D eigenvalue weighted by molar-refractivity contribution is 5.68. The van der Waals surface area contributed by atoms with Crippen molar-refractivity contribution >= 4 is 6.09 Å². The molecule has 1 saturated heterocycles. The molecule has 1 aliphatic heterocycles. The molecule has 5 heteroatoms. The molecule has 5 nitrogen and oxygen atoms in total. The van der Waals surface area contributed by atoms with Crippen LogP contribution in [0.2, 0.25) is 0 Å². The molecule has 1 aliphatic carbocycles. The molecule has 2 aliphatic rings. The highest BCUT2D eigenvalue weighted by Gasteiger charge is 2.36. The van der Waals surface area contributed by atoms with Crippen LogP contribution in [0.3, 0.4) is 0 Å². The van der Waals surface area contributed by atoms with Crippen LogP contribution >= 0.6 is 0 Å². The third kappa shape index (κ3) is 4.85. The van der Waals surface area contributed by atoms with Gasteiger partial charge in [0.1, 0.15) is 5.60 Å². The van der Waals surface area contributed by atoms with Crippen molar-refractivity contribution < 1.29 is 14.6 Å². The van der Waals surface area contributed by atoms with Crippen molar-refractivity contribution in [3.8, 4) is 0 Å². The Hall–Kier alpha value is -0.810. The van der Waals surface area contributed by atoms with Gasteiger partial charge in [0, 0.05) is 25.2 Å². The average molecular weight is 312 g/mol. The van der Waals surface area contributed by atoms with Crippen molar-refractivity contribution in [2.75, 3.05) is 13.1 Å². The van der Waals surface area contributed by atoms with Crippen LogP contribution in [0.15, 0.2) is 0 Å². The van der Waals surface area contributed by atoms with E-state index in [2.05, 4.69) is 12.2 Å². The van der Waals surface area contributed by atoms with E-state index >= 15 is 0 Å². The summed E-state index contributed by atoms with van der Waals surface area (Å²) in [5, 5.41) is 13.6. The number of rotatable bonds is 5. The van der Waals surface area contributed by atoms with E-state index in [1.807, 2.05) is 25.7 Å². The fraction of sp³-hybridized carbons (Fsp3) is 0.941. The number of nitrogens with zero attached hydrogens (tertiary/aromatic N) is 1. The van der Waals surface area contributed by atoms with E-state index < -0.39 is 11.2 Å². The van der Waals surface area contributed by atoms with E-state index in [0.29, 0.717) is 6.54 Å². The molecule has 0 radical (unpaired) electrons. The van der Waals surface area contributed by atoms with Crippen LogP contribution in [0.5, 0.6) is 0 Å². The number of ether oxygens (including phenoxy) is 1. The number of hydrogen-bond acceptors (Lipinski definition) is 4. The molecule has 0 aromatic heterocycles. The summed E-state index contributed by atoms with van der Waals surface area (Å²) in [4.78, 5) is 14.1. The number of nitrogens with one attached hydrogen (secondary N) is 1. The summed E-state index contributed by atoms with van der Waals surface area (Å²) in [5.41, 5.74) is -0.934. The normalized spacial score (nSPS) is 25.7.